The van der Waals surface area contributed by atoms with Gasteiger partial charge in [-0.05, 0) is 66.6 Å². The Hall–Kier alpha value is -2.55. The molecule has 4 rings (SSSR count). The summed E-state index contributed by atoms with van der Waals surface area (Å²) in [6, 6.07) is 10.2. The van der Waals surface area contributed by atoms with Crippen LogP contribution in [-0.4, -0.2) is 23.0 Å². The number of nitrogens with one attached hydrogen (secondary N) is 1. The lowest BCUT2D eigenvalue weighted by Crippen LogP contribution is -2.34. The monoisotopic (exact) mass is 512 g/mol. The van der Waals surface area contributed by atoms with Crippen LogP contribution < -0.4 is 5.32 Å². The van der Waals surface area contributed by atoms with Crippen molar-refractivity contribution in [1.29, 1.82) is 0 Å². The molecule has 9 heteroatoms. The molecule has 188 valence electrons. The lowest BCUT2D eigenvalue weighted by Gasteiger charge is -2.29. The quantitative estimate of drug-likeness (QED) is 0.282. The van der Waals surface area contributed by atoms with Crippen LogP contribution in [0.2, 0.25) is 0 Å². The number of halogens is 6. The second-order valence-electron chi connectivity index (χ2n) is 9.17. The van der Waals surface area contributed by atoms with Gasteiger partial charge in [-0.15, -0.1) is 11.8 Å². The normalized spacial score (nSPS) is 18.1. The molecule has 1 aliphatic heterocycles. The standard InChI is InChI=1S/C26H26F6N2S/c1-15(2)34-13-19-12-21(35-14-17-4-5-17)10-11-22(19)23(34)16(3)33-20-8-6-18(7-9-20)24(25(27,28)29)26(30,31)32/h6-12,17,23-24,33H,1,3-5,13-14H2,2H3. The van der Waals surface area contributed by atoms with Gasteiger partial charge in [-0.2, -0.15) is 26.3 Å². The maximum Gasteiger partial charge on any atom is 0.404 e. The van der Waals surface area contributed by atoms with Gasteiger partial charge in [0.25, 0.3) is 0 Å². The highest BCUT2D eigenvalue weighted by Crippen LogP contribution is 2.47. The van der Waals surface area contributed by atoms with Gasteiger partial charge >= 0.3 is 12.4 Å². The number of alkyl halides is 6. The van der Waals surface area contributed by atoms with E-state index in [1.807, 2.05) is 18.7 Å². The summed E-state index contributed by atoms with van der Waals surface area (Å²) < 4.78 is 78.2. The Morgan fingerprint density at radius 1 is 1.03 bits per heavy atom. The largest absolute Gasteiger partial charge is 0.404 e. The number of hydrogen-bond donors (Lipinski definition) is 1. The lowest BCUT2D eigenvalue weighted by atomic mass is 9.97. The molecular weight excluding hydrogens is 486 g/mol. The molecule has 2 nitrogen and oxygen atoms in total. The van der Waals surface area contributed by atoms with Crippen molar-refractivity contribution < 1.29 is 26.3 Å². The maximum atomic E-state index is 13.0. The molecule has 1 unspecified atom stereocenters. The van der Waals surface area contributed by atoms with Crippen LogP contribution >= 0.6 is 11.8 Å². The molecule has 1 fully saturated rings. The van der Waals surface area contributed by atoms with Crippen molar-refractivity contribution in [1.82, 2.24) is 4.90 Å². The zero-order valence-corrected chi connectivity index (χ0v) is 20.0. The van der Waals surface area contributed by atoms with E-state index < -0.39 is 23.8 Å². The van der Waals surface area contributed by atoms with Gasteiger partial charge in [-0.1, -0.05) is 31.4 Å². The number of allylic oxidation sites excluding steroid dienone is 1. The average Bonchev–Trinajstić information content (AvgIpc) is 3.49. The van der Waals surface area contributed by atoms with Crippen molar-refractivity contribution in [2.24, 2.45) is 5.92 Å². The topological polar surface area (TPSA) is 15.3 Å². The molecule has 0 aromatic heterocycles. The minimum Gasteiger partial charge on any atom is -0.359 e. The first-order valence-corrected chi connectivity index (χ1v) is 12.2. The van der Waals surface area contributed by atoms with Crippen molar-refractivity contribution >= 4 is 17.4 Å². The molecule has 1 heterocycles. The SMILES string of the molecule is C=C(Nc1ccc(C(C(F)(F)F)C(F)(F)F)cc1)C1c2ccc(SCC3CC3)cc2CN1C(=C)C. The number of fused-ring (bicyclic) bond motifs is 1. The van der Waals surface area contributed by atoms with Gasteiger partial charge in [0, 0.05) is 34.3 Å². The van der Waals surface area contributed by atoms with Gasteiger partial charge in [0.1, 0.15) is 0 Å². The molecule has 0 spiro atoms. The van der Waals surface area contributed by atoms with E-state index in [-0.39, 0.29) is 6.04 Å². The van der Waals surface area contributed by atoms with E-state index in [2.05, 4.69) is 41.6 Å². The van der Waals surface area contributed by atoms with Crippen molar-refractivity contribution in [2.75, 3.05) is 11.1 Å². The average molecular weight is 513 g/mol. The molecule has 1 atom stereocenters. The molecular formula is C26H26F6N2S. The molecule has 2 aromatic carbocycles. The first kappa shape index (κ1) is 25.5. The Kier molecular flexibility index (Phi) is 6.92. The number of rotatable bonds is 8. The molecule has 2 aliphatic rings. The van der Waals surface area contributed by atoms with E-state index in [9.17, 15) is 26.3 Å². The first-order chi connectivity index (χ1) is 16.3. The van der Waals surface area contributed by atoms with E-state index in [4.69, 9.17) is 0 Å². The van der Waals surface area contributed by atoms with Gasteiger partial charge in [0.15, 0.2) is 5.92 Å². The Labute approximate surface area is 205 Å². The zero-order chi connectivity index (χ0) is 25.5. The highest BCUT2D eigenvalue weighted by atomic mass is 32.2. The van der Waals surface area contributed by atoms with Gasteiger partial charge in [0.05, 0.1) is 6.04 Å². The van der Waals surface area contributed by atoms with Crippen LogP contribution in [0.5, 0.6) is 0 Å². The minimum atomic E-state index is -5.43. The fraction of sp³-hybridized carbons (Fsp3) is 0.385. The van der Waals surface area contributed by atoms with Crippen LogP contribution in [0.15, 0.2) is 71.9 Å². The van der Waals surface area contributed by atoms with Crippen LogP contribution in [0.1, 0.15) is 48.4 Å². The number of anilines is 1. The summed E-state index contributed by atoms with van der Waals surface area (Å²) >= 11 is 1.85. The van der Waals surface area contributed by atoms with Crippen LogP contribution in [0, 0.1) is 5.92 Å². The number of thioether (sulfide) groups is 1. The Balaban J connectivity index is 1.52. The predicted molar refractivity (Wildman–Crippen MR) is 127 cm³/mol. The molecule has 0 radical (unpaired) electrons. The van der Waals surface area contributed by atoms with E-state index in [1.165, 1.54) is 29.9 Å². The molecule has 0 bridgehead atoms. The third kappa shape index (κ3) is 5.82. The predicted octanol–water partition coefficient (Wildman–Crippen LogP) is 8.41. The van der Waals surface area contributed by atoms with E-state index in [0.29, 0.717) is 17.9 Å². The number of hydrogen-bond acceptors (Lipinski definition) is 3. The highest BCUT2D eigenvalue weighted by Gasteiger charge is 2.57. The van der Waals surface area contributed by atoms with Crippen molar-refractivity contribution in [3.63, 3.8) is 0 Å². The summed E-state index contributed by atoms with van der Waals surface area (Å²) in [7, 11) is 0. The van der Waals surface area contributed by atoms with Crippen LogP contribution in [0.25, 0.3) is 0 Å². The third-order valence-corrected chi connectivity index (χ3v) is 7.49. The van der Waals surface area contributed by atoms with Gasteiger partial charge in [-0.25, -0.2) is 0 Å². The molecule has 1 saturated carbocycles. The van der Waals surface area contributed by atoms with Crippen molar-refractivity contribution in [3.05, 3.63) is 83.7 Å². The minimum absolute atomic E-state index is 0.261. The smallest absolute Gasteiger partial charge is 0.359 e. The number of nitrogens with zero attached hydrogens (tertiary/aromatic N) is 1. The first-order valence-electron chi connectivity index (χ1n) is 11.2. The Morgan fingerprint density at radius 3 is 2.20 bits per heavy atom. The van der Waals surface area contributed by atoms with Gasteiger partial charge < -0.3 is 10.2 Å². The summed E-state index contributed by atoms with van der Waals surface area (Å²) in [5.41, 5.74) is 3.08. The second kappa shape index (κ2) is 9.48. The van der Waals surface area contributed by atoms with Gasteiger partial charge in [0.2, 0.25) is 0 Å². The third-order valence-electron chi connectivity index (χ3n) is 6.27. The van der Waals surface area contributed by atoms with Crippen LogP contribution in [0.4, 0.5) is 32.0 Å². The summed E-state index contributed by atoms with van der Waals surface area (Å²) in [6.45, 7) is 10.7. The van der Waals surface area contributed by atoms with Gasteiger partial charge in [-0.3, -0.25) is 0 Å². The Bertz CT molecular complexity index is 1090. The fourth-order valence-electron chi connectivity index (χ4n) is 4.32. The molecule has 1 aliphatic carbocycles. The summed E-state index contributed by atoms with van der Waals surface area (Å²) in [4.78, 5) is 3.28. The maximum absolute atomic E-state index is 13.0. The molecule has 0 amide bonds. The summed E-state index contributed by atoms with van der Waals surface area (Å²) in [6.07, 6.45) is -8.27. The molecule has 0 saturated heterocycles. The summed E-state index contributed by atoms with van der Waals surface area (Å²) in [5, 5.41) is 3.07. The van der Waals surface area contributed by atoms with E-state index in [0.717, 1.165) is 40.6 Å². The van der Waals surface area contributed by atoms with Crippen LogP contribution in [-0.2, 0) is 6.54 Å². The van der Waals surface area contributed by atoms with Crippen LogP contribution in [0.3, 0.4) is 0 Å². The molecule has 2 aromatic rings. The van der Waals surface area contributed by atoms with E-state index in [1.54, 1.807) is 0 Å². The molecule has 1 N–H and O–H groups in total. The second-order valence-corrected chi connectivity index (χ2v) is 10.3. The Morgan fingerprint density at radius 2 is 1.66 bits per heavy atom. The molecule has 35 heavy (non-hydrogen) atoms. The lowest BCUT2D eigenvalue weighted by molar-refractivity contribution is -0.253. The van der Waals surface area contributed by atoms with Crippen molar-refractivity contribution in [2.45, 2.75) is 55.5 Å². The highest BCUT2D eigenvalue weighted by molar-refractivity contribution is 7.99. The zero-order valence-electron chi connectivity index (χ0n) is 19.1. The fourth-order valence-corrected chi connectivity index (χ4v) is 5.48. The van der Waals surface area contributed by atoms with E-state index >= 15 is 0 Å². The van der Waals surface area contributed by atoms with Crippen molar-refractivity contribution in [3.8, 4) is 0 Å². The summed E-state index contributed by atoms with van der Waals surface area (Å²) in [5.74, 6) is -1.61. The number of benzene rings is 2.